The third kappa shape index (κ3) is 2.41. The molecular weight excluding hydrogens is 318 g/mol. The molecule has 0 unspecified atom stereocenters. The van der Waals surface area contributed by atoms with E-state index in [9.17, 15) is 8.42 Å². The average Bonchev–Trinajstić information content (AvgIpc) is 3.17. The van der Waals surface area contributed by atoms with Gasteiger partial charge in [-0.25, -0.2) is 8.42 Å². The minimum absolute atomic E-state index is 0.455. The number of nitrogens with one attached hydrogen (secondary N) is 1. The molecule has 2 aliphatic rings. The van der Waals surface area contributed by atoms with E-state index in [1.807, 2.05) is 13.0 Å². The number of nitrogens with zero attached hydrogens (tertiary/aromatic N) is 2. The maximum absolute atomic E-state index is 12.8. The largest absolute Gasteiger partial charge is 0.282 e. The van der Waals surface area contributed by atoms with E-state index < -0.39 is 10.0 Å². The van der Waals surface area contributed by atoms with Crippen LogP contribution >= 0.6 is 11.3 Å². The fourth-order valence-electron chi connectivity index (χ4n) is 3.10. The van der Waals surface area contributed by atoms with Gasteiger partial charge in [0.1, 0.15) is 4.21 Å². The highest BCUT2D eigenvalue weighted by Crippen LogP contribution is 2.42. The molecule has 0 saturated heterocycles. The Balaban J connectivity index is 1.59. The van der Waals surface area contributed by atoms with E-state index in [2.05, 4.69) is 10.2 Å². The molecule has 1 fully saturated rings. The van der Waals surface area contributed by atoms with E-state index in [1.165, 1.54) is 35.4 Å². The summed E-state index contributed by atoms with van der Waals surface area (Å²) in [5.41, 5.74) is 3.57. The predicted molar refractivity (Wildman–Crippen MR) is 85.8 cm³/mol. The van der Waals surface area contributed by atoms with E-state index in [0.717, 1.165) is 23.4 Å². The highest BCUT2D eigenvalue weighted by atomic mass is 32.2. The second kappa shape index (κ2) is 5.18. The van der Waals surface area contributed by atoms with Gasteiger partial charge in [0.15, 0.2) is 0 Å². The Morgan fingerprint density at radius 3 is 2.73 bits per heavy atom. The first-order valence-corrected chi connectivity index (χ1v) is 9.94. The van der Waals surface area contributed by atoms with Crippen molar-refractivity contribution in [2.75, 3.05) is 13.1 Å². The number of aromatic nitrogens is 2. The monoisotopic (exact) mass is 337 g/mol. The number of aromatic amines is 1. The van der Waals surface area contributed by atoms with Crippen LogP contribution in [0.3, 0.4) is 0 Å². The summed E-state index contributed by atoms with van der Waals surface area (Å²) in [6, 6.07) is 3.59. The molecular formula is C15H19N3O2S2. The van der Waals surface area contributed by atoms with Crippen LogP contribution in [0.25, 0.3) is 0 Å². The van der Waals surface area contributed by atoms with Crippen molar-refractivity contribution in [1.29, 1.82) is 0 Å². The van der Waals surface area contributed by atoms with Crippen LogP contribution in [-0.4, -0.2) is 36.0 Å². The minimum Gasteiger partial charge on any atom is -0.282 e. The summed E-state index contributed by atoms with van der Waals surface area (Å²) in [5, 5.41) is 7.59. The summed E-state index contributed by atoms with van der Waals surface area (Å²) in [4.78, 5) is 1.03. The van der Waals surface area contributed by atoms with E-state index >= 15 is 0 Å². The van der Waals surface area contributed by atoms with Crippen LogP contribution in [-0.2, 0) is 22.9 Å². The van der Waals surface area contributed by atoms with Crippen LogP contribution < -0.4 is 0 Å². The highest BCUT2D eigenvalue weighted by molar-refractivity contribution is 7.91. The Hall–Kier alpha value is -1.18. The number of sulfonamides is 1. The Morgan fingerprint density at radius 2 is 2.05 bits per heavy atom. The predicted octanol–water partition coefficient (Wildman–Crippen LogP) is 2.45. The van der Waals surface area contributed by atoms with Crippen molar-refractivity contribution in [2.24, 2.45) is 0 Å². The first-order chi connectivity index (χ1) is 10.6. The molecule has 1 N–H and O–H groups in total. The SMILES string of the molecule is Cc1ccc(S(=O)(=O)N2CCc3[nH]nc(C4CC4)c3CC2)s1. The third-order valence-corrected chi connectivity index (χ3v) is 7.85. The molecule has 1 aliphatic heterocycles. The first-order valence-electron chi connectivity index (χ1n) is 7.68. The summed E-state index contributed by atoms with van der Waals surface area (Å²) in [6.07, 6.45) is 3.92. The lowest BCUT2D eigenvalue weighted by Crippen LogP contribution is -2.33. The molecule has 7 heteroatoms. The minimum atomic E-state index is -3.36. The molecule has 2 aromatic heterocycles. The molecule has 1 aliphatic carbocycles. The first kappa shape index (κ1) is 14.4. The topological polar surface area (TPSA) is 66.1 Å². The zero-order chi connectivity index (χ0) is 15.3. The molecule has 4 rings (SSSR count). The summed E-state index contributed by atoms with van der Waals surface area (Å²) in [5.74, 6) is 0.600. The Bertz CT molecular complexity index is 803. The van der Waals surface area contributed by atoms with Crippen LogP contribution in [0.1, 0.15) is 40.6 Å². The van der Waals surface area contributed by atoms with Crippen molar-refractivity contribution < 1.29 is 8.42 Å². The molecule has 0 radical (unpaired) electrons. The number of hydrogen-bond donors (Lipinski definition) is 1. The van der Waals surface area contributed by atoms with Gasteiger partial charge in [0.25, 0.3) is 10.0 Å². The second-order valence-corrected chi connectivity index (χ2v) is 9.56. The molecule has 5 nitrogen and oxygen atoms in total. The molecule has 0 amide bonds. The van der Waals surface area contributed by atoms with Gasteiger partial charge in [0.2, 0.25) is 0 Å². The lowest BCUT2D eigenvalue weighted by molar-refractivity contribution is 0.426. The zero-order valence-electron chi connectivity index (χ0n) is 12.5. The summed E-state index contributed by atoms with van der Waals surface area (Å²) >= 11 is 1.35. The highest BCUT2D eigenvalue weighted by Gasteiger charge is 2.33. The average molecular weight is 337 g/mol. The fraction of sp³-hybridized carbons (Fsp3) is 0.533. The van der Waals surface area contributed by atoms with Crippen LogP contribution in [0.2, 0.25) is 0 Å². The quantitative estimate of drug-likeness (QED) is 0.935. The van der Waals surface area contributed by atoms with Gasteiger partial charge < -0.3 is 0 Å². The van der Waals surface area contributed by atoms with Crippen molar-refractivity contribution in [3.05, 3.63) is 34.0 Å². The maximum atomic E-state index is 12.8. The van der Waals surface area contributed by atoms with Gasteiger partial charge in [-0.05, 0) is 43.9 Å². The second-order valence-electron chi connectivity index (χ2n) is 6.11. The molecule has 3 heterocycles. The van der Waals surface area contributed by atoms with Gasteiger partial charge in [0, 0.05) is 36.0 Å². The Labute approximate surface area is 134 Å². The molecule has 0 bridgehead atoms. The van der Waals surface area contributed by atoms with Crippen LogP contribution in [0.5, 0.6) is 0 Å². The molecule has 2 aromatic rings. The Kier molecular flexibility index (Phi) is 3.39. The van der Waals surface area contributed by atoms with E-state index in [4.69, 9.17) is 0 Å². The lowest BCUT2D eigenvalue weighted by atomic mass is 10.1. The summed E-state index contributed by atoms with van der Waals surface area (Å²) in [7, 11) is -3.36. The number of thiophene rings is 1. The smallest absolute Gasteiger partial charge is 0.252 e. The number of aryl methyl sites for hydroxylation is 1. The molecule has 1 saturated carbocycles. The van der Waals surface area contributed by atoms with Crippen LogP contribution in [0, 0.1) is 6.92 Å². The number of H-pyrrole nitrogens is 1. The zero-order valence-corrected chi connectivity index (χ0v) is 14.1. The standard InChI is InChI=1S/C15H19N3O2S2/c1-10-2-5-14(21-10)22(19,20)18-8-6-12-13(7-9-18)16-17-15(12)11-3-4-11/h2,5,11H,3-4,6-9H2,1H3,(H,16,17). The van der Waals surface area contributed by atoms with Gasteiger partial charge in [-0.15, -0.1) is 11.3 Å². The lowest BCUT2D eigenvalue weighted by Gasteiger charge is -2.18. The van der Waals surface area contributed by atoms with Gasteiger partial charge >= 0.3 is 0 Å². The van der Waals surface area contributed by atoms with E-state index in [1.54, 1.807) is 10.4 Å². The molecule has 0 aromatic carbocycles. The van der Waals surface area contributed by atoms with Gasteiger partial charge in [-0.3, -0.25) is 5.10 Å². The molecule has 22 heavy (non-hydrogen) atoms. The third-order valence-electron chi connectivity index (χ3n) is 4.48. The van der Waals surface area contributed by atoms with Crippen LogP contribution in [0.4, 0.5) is 0 Å². The summed E-state index contributed by atoms with van der Waals surface area (Å²) in [6.45, 7) is 3.01. The van der Waals surface area contributed by atoms with Crippen molar-refractivity contribution in [3.63, 3.8) is 0 Å². The number of fused-ring (bicyclic) bond motifs is 1. The maximum Gasteiger partial charge on any atom is 0.252 e. The number of hydrogen-bond acceptors (Lipinski definition) is 4. The Morgan fingerprint density at radius 1 is 1.27 bits per heavy atom. The van der Waals surface area contributed by atoms with Crippen molar-refractivity contribution in [1.82, 2.24) is 14.5 Å². The van der Waals surface area contributed by atoms with E-state index in [0.29, 0.717) is 23.2 Å². The summed E-state index contributed by atoms with van der Waals surface area (Å²) < 4.78 is 27.6. The molecule has 0 atom stereocenters. The van der Waals surface area contributed by atoms with Crippen molar-refractivity contribution in [2.45, 2.75) is 42.7 Å². The van der Waals surface area contributed by atoms with Crippen molar-refractivity contribution in [3.8, 4) is 0 Å². The van der Waals surface area contributed by atoms with Gasteiger partial charge in [-0.2, -0.15) is 9.40 Å². The van der Waals surface area contributed by atoms with E-state index in [-0.39, 0.29) is 0 Å². The molecule has 0 spiro atoms. The molecule has 118 valence electrons. The van der Waals surface area contributed by atoms with Crippen molar-refractivity contribution >= 4 is 21.4 Å². The normalized spacial score (nSPS) is 19.9. The van der Waals surface area contributed by atoms with Gasteiger partial charge in [0.05, 0.1) is 5.69 Å². The number of rotatable bonds is 3. The van der Waals surface area contributed by atoms with Gasteiger partial charge in [-0.1, -0.05) is 0 Å². The fourth-order valence-corrected chi connectivity index (χ4v) is 5.98. The van der Waals surface area contributed by atoms with Crippen LogP contribution in [0.15, 0.2) is 16.3 Å².